The zero-order valence-corrected chi connectivity index (χ0v) is 14.9. The van der Waals surface area contributed by atoms with Crippen LogP contribution in [0.25, 0.3) is 27.9 Å². The molecule has 0 radical (unpaired) electrons. The number of aromatic nitrogens is 3. The molecule has 134 valence electrons. The molecular weight excluding hydrogens is 338 g/mol. The summed E-state index contributed by atoms with van der Waals surface area (Å²) in [5.74, 6) is 0.0126. The fraction of sp³-hybridized carbons (Fsp3) is 0.0952. The highest BCUT2D eigenvalue weighted by Crippen LogP contribution is 2.30. The first-order valence-electron chi connectivity index (χ1n) is 8.63. The van der Waals surface area contributed by atoms with Gasteiger partial charge in [-0.15, -0.1) is 6.58 Å². The van der Waals surface area contributed by atoms with Crippen LogP contribution in [0.15, 0.2) is 61.2 Å². The van der Waals surface area contributed by atoms with Crippen molar-refractivity contribution < 1.29 is 4.79 Å². The number of carbonyl (C=O) groups excluding carboxylic acids is 1. The van der Waals surface area contributed by atoms with Crippen molar-refractivity contribution in [1.29, 1.82) is 0 Å². The third-order valence-corrected chi connectivity index (χ3v) is 4.42. The summed E-state index contributed by atoms with van der Waals surface area (Å²) in [5, 5.41) is 2.79. The molecule has 1 amide bonds. The minimum atomic E-state index is -0.298. The Morgan fingerprint density at radius 2 is 1.81 bits per heavy atom. The molecule has 0 bridgehead atoms. The second-order valence-electron chi connectivity index (χ2n) is 6.31. The summed E-state index contributed by atoms with van der Waals surface area (Å²) >= 11 is 0. The molecule has 0 spiro atoms. The van der Waals surface area contributed by atoms with Crippen LogP contribution in [0.4, 0.5) is 5.82 Å². The van der Waals surface area contributed by atoms with Crippen molar-refractivity contribution in [3.05, 3.63) is 72.3 Å². The van der Waals surface area contributed by atoms with Crippen LogP contribution in [0.2, 0.25) is 0 Å². The first-order valence-corrected chi connectivity index (χ1v) is 8.63. The molecule has 0 aliphatic heterocycles. The van der Waals surface area contributed by atoms with E-state index in [1.165, 1.54) is 0 Å². The van der Waals surface area contributed by atoms with Gasteiger partial charge in [0.15, 0.2) is 5.65 Å². The van der Waals surface area contributed by atoms with Crippen molar-refractivity contribution in [2.45, 2.75) is 6.92 Å². The van der Waals surface area contributed by atoms with E-state index in [-0.39, 0.29) is 5.91 Å². The highest BCUT2D eigenvalue weighted by molar-refractivity contribution is 6.11. The Labute approximate surface area is 156 Å². The van der Waals surface area contributed by atoms with E-state index in [1.807, 2.05) is 55.5 Å². The number of carbonyl (C=O) groups is 1. The number of hydrogen-bond acceptors (Lipinski definition) is 4. The zero-order chi connectivity index (χ0) is 19.0. The molecule has 2 aromatic heterocycles. The lowest BCUT2D eigenvalue weighted by Gasteiger charge is -2.08. The number of aryl methyl sites for hydroxylation is 1. The maximum Gasteiger partial charge on any atom is 0.257 e. The average molecular weight is 357 g/mol. The number of nitrogens with two attached hydrogens (primary N) is 1. The Balaban J connectivity index is 2.05. The lowest BCUT2D eigenvalue weighted by Crippen LogP contribution is -2.24. The first-order chi connectivity index (χ1) is 13.1. The Kier molecular flexibility index (Phi) is 4.08. The van der Waals surface area contributed by atoms with Crippen LogP contribution in [0.5, 0.6) is 0 Å². The topological polar surface area (TPSA) is 85.8 Å². The molecule has 6 nitrogen and oxygen atoms in total. The summed E-state index contributed by atoms with van der Waals surface area (Å²) in [6.07, 6.45) is 1.62. The Bertz CT molecular complexity index is 1170. The molecule has 4 rings (SSSR count). The van der Waals surface area contributed by atoms with Crippen LogP contribution in [-0.4, -0.2) is 27.0 Å². The van der Waals surface area contributed by atoms with Crippen molar-refractivity contribution in [3.63, 3.8) is 0 Å². The number of rotatable bonds is 4. The summed E-state index contributed by atoms with van der Waals surface area (Å²) in [6.45, 7) is 5.99. The summed E-state index contributed by atoms with van der Waals surface area (Å²) in [6, 6.07) is 15.4. The van der Waals surface area contributed by atoms with E-state index in [0.29, 0.717) is 34.6 Å². The van der Waals surface area contributed by atoms with E-state index < -0.39 is 0 Å². The van der Waals surface area contributed by atoms with E-state index in [2.05, 4.69) is 16.9 Å². The third-order valence-electron chi connectivity index (χ3n) is 4.42. The van der Waals surface area contributed by atoms with Gasteiger partial charge in [-0.3, -0.25) is 9.36 Å². The van der Waals surface area contributed by atoms with E-state index in [4.69, 9.17) is 10.7 Å². The number of hydrogen-bond donors (Lipinski definition) is 2. The standard InChI is InChI=1S/C21H19N5O/c1-3-12-23-21(27)17-18-20(25-16-7-5-4-6-15(16)24-18)26(19(17)22)14-10-8-13(2)9-11-14/h3-11H,1,12,22H2,2H3,(H,23,27). The average Bonchev–Trinajstić information content (AvgIpc) is 2.96. The quantitative estimate of drug-likeness (QED) is 0.548. The number of nitrogen functional groups attached to an aromatic ring is 1. The second-order valence-corrected chi connectivity index (χ2v) is 6.31. The lowest BCUT2D eigenvalue weighted by atomic mass is 10.2. The molecule has 0 saturated heterocycles. The monoisotopic (exact) mass is 357 g/mol. The number of nitrogens with one attached hydrogen (secondary N) is 1. The molecule has 4 aromatic rings. The van der Waals surface area contributed by atoms with Crippen LogP contribution in [0, 0.1) is 6.92 Å². The number of benzene rings is 2. The zero-order valence-electron chi connectivity index (χ0n) is 14.9. The number of nitrogens with zero attached hydrogens (tertiary/aromatic N) is 3. The van der Waals surface area contributed by atoms with Gasteiger partial charge in [0.05, 0.1) is 11.0 Å². The van der Waals surface area contributed by atoms with Crippen molar-refractivity contribution in [2.75, 3.05) is 12.3 Å². The molecular formula is C21H19N5O. The van der Waals surface area contributed by atoms with E-state index in [1.54, 1.807) is 10.6 Å². The maximum absolute atomic E-state index is 12.8. The summed E-state index contributed by atoms with van der Waals surface area (Å²) in [7, 11) is 0. The van der Waals surface area contributed by atoms with Gasteiger partial charge >= 0.3 is 0 Å². The van der Waals surface area contributed by atoms with Crippen LogP contribution in [-0.2, 0) is 0 Å². The van der Waals surface area contributed by atoms with Gasteiger partial charge in [-0.05, 0) is 31.2 Å². The summed E-state index contributed by atoms with van der Waals surface area (Å²) < 4.78 is 1.77. The van der Waals surface area contributed by atoms with Gasteiger partial charge in [0.1, 0.15) is 16.9 Å². The first kappa shape index (κ1) is 16.8. The lowest BCUT2D eigenvalue weighted by molar-refractivity contribution is 0.0960. The highest BCUT2D eigenvalue weighted by Gasteiger charge is 2.24. The number of amides is 1. The molecule has 2 aromatic carbocycles. The van der Waals surface area contributed by atoms with Crippen LogP contribution < -0.4 is 11.1 Å². The molecule has 6 heteroatoms. The summed E-state index contributed by atoms with van der Waals surface area (Å²) in [5.41, 5.74) is 11.2. The minimum absolute atomic E-state index is 0.298. The Hall–Kier alpha value is -3.67. The second kappa shape index (κ2) is 6.57. The van der Waals surface area contributed by atoms with Gasteiger partial charge in [0.25, 0.3) is 5.91 Å². The van der Waals surface area contributed by atoms with Crippen LogP contribution in [0.1, 0.15) is 15.9 Å². The van der Waals surface area contributed by atoms with E-state index >= 15 is 0 Å². The molecule has 0 saturated carbocycles. The molecule has 0 aliphatic rings. The van der Waals surface area contributed by atoms with Gasteiger partial charge in [0, 0.05) is 12.2 Å². The molecule has 2 heterocycles. The smallest absolute Gasteiger partial charge is 0.257 e. The van der Waals surface area contributed by atoms with Crippen molar-refractivity contribution >= 4 is 33.9 Å². The molecule has 0 atom stereocenters. The molecule has 27 heavy (non-hydrogen) atoms. The maximum atomic E-state index is 12.8. The predicted molar refractivity (Wildman–Crippen MR) is 108 cm³/mol. The van der Waals surface area contributed by atoms with Gasteiger partial charge in [0.2, 0.25) is 0 Å². The number of para-hydroxylation sites is 2. The fourth-order valence-electron chi connectivity index (χ4n) is 3.09. The molecule has 0 fully saturated rings. The number of anilines is 1. The summed E-state index contributed by atoms with van der Waals surface area (Å²) in [4.78, 5) is 22.2. The van der Waals surface area contributed by atoms with Crippen molar-refractivity contribution in [1.82, 2.24) is 19.9 Å². The Morgan fingerprint density at radius 3 is 2.48 bits per heavy atom. The van der Waals surface area contributed by atoms with Crippen molar-refractivity contribution in [3.8, 4) is 5.69 Å². The third kappa shape index (κ3) is 2.81. The predicted octanol–water partition coefficient (Wildman–Crippen LogP) is 3.38. The number of fused-ring (bicyclic) bond motifs is 2. The SMILES string of the molecule is C=CCNC(=O)c1c(N)n(-c2ccc(C)cc2)c2nc3ccccc3nc12. The minimum Gasteiger partial charge on any atom is -0.384 e. The largest absolute Gasteiger partial charge is 0.384 e. The highest BCUT2D eigenvalue weighted by atomic mass is 16.1. The van der Waals surface area contributed by atoms with E-state index in [9.17, 15) is 4.79 Å². The molecule has 0 aliphatic carbocycles. The van der Waals surface area contributed by atoms with Gasteiger partial charge < -0.3 is 11.1 Å². The van der Waals surface area contributed by atoms with Crippen LogP contribution >= 0.6 is 0 Å². The van der Waals surface area contributed by atoms with Gasteiger partial charge in [-0.25, -0.2) is 9.97 Å². The normalized spacial score (nSPS) is 11.0. The fourth-order valence-corrected chi connectivity index (χ4v) is 3.09. The van der Waals surface area contributed by atoms with E-state index in [0.717, 1.165) is 16.8 Å². The Morgan fingerprint density at radius 1 is 1.15 bits per heavy atom. The van der Waals surface area contributed by atoms with Crippen molar-refractivity contribution in [2.24, 2.45) is 0 Å². The van der Waals surface area contributed by atoms with Gasteiger partial charge in [-0.1, -0.05) is 35.9 Å². The van der Waals surface area contributed by atoms with Gasteiger partial charge in [-0.2, -0.15) is 0 Å². The molecule has 0 unspecified atom stereocenters. The van der Waals surface area contributed by atoms with Crippen LogP contribution in [0.3, 0.4) is 0 Å². The molecule has 3 N–H and O–H groups in total.